The number of benzene rings is 1. The summed E-state index contributed by atoms with van der Waals surface area (Å²) in [5.74, 6) is 0.385. The monoisotopic (exact) mass is 275 g/mol. The number of nitrogens with zero attached hydrogens (tertiary/aromatic N) is 1. The van der Waals surface area contributed by atoms with Gasteiger partial charge in [-0.05, 0) is 29.7 Å². The van der Waals surface area contributed by atoms with Crippen LogP contribution in [-0.4, -0.2) is 14.8 Å². The summed E-state index contributed by atoms with van der Waals surface area (Å²) < 4.78 is 2.26. The lowest BCUT2D eigenvalue weighted by Gasteiger charge is -2.22. The molecule has 1 aromatic carbocycles. The molecule has 0 unspecified atom stereocenters. The van der Waals surface area contributed by atoms with Gasteiger partial charge in [-0.25, -0.2) is 3.11 Å². The van der Waals surface area contributed by atoms with Crippen molar-refractivity contribution >= 4 is 22.9 Å². The van der Waals surface area contributed by atoms with Crippen LogP contribution in [0.2, 0.25) is 0 Å². The number of fused-ring (bicyclic) bond motifs is 1. The Morgan fingerprint density at radius 1 is 1.33 bits per heavy atom. The highest BCUT2D eigenvalue weighted by molar-refractivity contribution is 14.1. The van der Waals surface area contributed by atoms with E-state index in [0.29, 0.717) is 5.75 Å². The third-order valence-corrected chi connectivity index (χ3v) is 2.98. The fraction of sp³-hybridized carbons (Fsp3) is 0.333. The molecule has 12 heavy (non-hydrogen) atoms. The first-order valence-electron chi connectivity index (χ1n) is 3.97. The maximum atomic E-state index is 9.24. The Balaban J connectivity index is 2.37. The lowest BCUT2D eigenvalue weighted by molar-refractivity contribution is 0.461. The number of phenolic OH excluding ortho intramolecular Hbond substituents is 1. The Morgan fingerprint density at radius 2 is 2.17 bits per heavy atom. The molecule has 2 rings (SSSR count). The quantitative estimate of drug-likeness (QED) is 0.579. The van der Waals surface area contributed by atoms with Crippen molar-refractivity contribution in [3.05, 3.63) is 29.3 Å². The van der Waals surface area contributed by atoms with E-state index in [2.05, 4.69) is 26.0 Å². The number of halogens is 1. The van der Waals surface area contributed by atoms with Gasteiger partial charge in [-0.15, -0.1) is 0 Å². The molecule has 2 nitrogen and oxygen atoms in total. The van der Waals surface area contributed by atoms with Crippen LogP contribution in [-0.2, 0) is 13.0 Å². The van der Waals surface area contributed by atoms with Crippen LogP contribution in [0.4, 0.5) is 0 Å². The van der Waals surface area contributed by atoms with E-state index < -0.39 is 0 Å². The third kappa shape index (κ3) is 1.56. The summed E-state index contributed by atoms with van der Waals surface area (Å²) in [5.41, 5.74) is 2.64. The number of aromatic hydroxyl groups is 1. The van der Waals surface area contributed by atoms with Gasteiger partial charge in [-0.2, -0.15) is 0 Å². The predicted octanol–water partition coefficient (Wildman–Crippen LogP) is 2.10. The molecule has 0 saturated heterocycles. The van der Waals surface area contributed by atoms with Crippen molar-refractivity contribution in [3.63, 3.8) is 0 Å². The Labute approximate surface area is 85.7 Å². The van der Waals surface area contributed by atoms with Gasteiger partial charge in [-0.3, -0.25) is 0 Å². The second kappa shape index (κ2) is 3.22. The van der Waals surface area contributed by atoms with Crippen LogP contribution in [0.15, 0.2) is 18.2 Å². The van der Waals surface area contributed by atoms with Crippen LogP contribution in [0, 0.1) is 0 Å². The first-order valence-corrected chi connectivity index (χ1v) is 4.94. The zero-order valence-electron chi connectivity index (χ0n) is 6.63. The SMILES string of the molecule is Oc1ccc2c(c1)CCN(I)C2. The molecule has 0 radical (unpaired) electrons. The largest absolute Gasteiger partial charge is 0.508 e. The minimum Gasteiger partial charge on any atom is -0.508 e. The van der Waals surface area contributed by atoms with Crippen LogP contribution >= 0.6 is 22.9 Å². The summed E-state index contributed by atoms with van der Waals surface area (Å²) in [5, 5.41) is 9.24. The van der Waals surface area contributed by atoms with E-state index in [1.807, 2.05) is 12.1 Å². The Morgan fingerprint density at radius 3 is 3.00 bits per heavy atom. The fourth-order valence-corrected chi connectivity index (χ4v) is 2.11. The molecule has 0 amide bonds. The first-order chi connectivity index (χ1) is 5.75. The Bertz CT molecular complexity index is 301. The van der Waals surface area contributed by atoms with Crippen molar-refractivity contribution in [1.82, 2.24) is 3.11 Å². The van der Waals surface area contributed by atoms with Crippen molar-refractivity contribution in [3.8, 4) is 5.75 Å². The number of hydrogen-bond donors (Lipinski definition) is 1. The van der Waals surface area contributed by atoms with Crippen molar-refractivity contribution in [1.29, 1.82) is 0 Å². The van der Waals surface area contributed by atoms with Crippen LogP contribution in [0.5, 0.6) is 5.75 Å². The van der Waals surface area contributed by atoms with Crippen molar-refractivity contribution < 1.29 is 5.11 Å². The third-order valence-electron chi connectivity index (χ3n) is 2.16. The molecule has 1 aliphatic rings. The van der Waals surface area contributed by atoms with Gasteiger partial charge in [0.25, 0.3) is 0 Å². The molecule has 1 N–H and O–H groups in total. The molecule has 1 aromatic rings. The molecule has 64 valence electrons. The minimum atomic E-state index is 0.385. The van der Waals surface area contributed by atoms with Gasteiger partial charge in [0.1, 0.15) is 5.75 Å². The molecule has 1 heterocycles. The Kier molecular flexibility index (Phi) is 2.23. The molecule has 0 spiro atoms. The predicted molar refractivity (Wildman–Crippen MR) is 56.2 cm³/mol. The molecule has 0 atom stereocenters. The molecular weight excluding hydrogens is 265 g/mol. The summed E-state index contributed by atoms with van der Waals surface area (Å²) in [6, 6.07) is 5.64. The molecule has 0 aliphatic carbocycles. The van der Waals surface area contributed by atoms with Gasteiger partial charge in [-0.1, -0.05) is 6.07 Å². The second-order valence-corrected chi connectivity index (χ2v) is 4.41. The molecule has 0 fully saturated rings. The number of phenols is 1. The fourth-order valence-electron chi connectivity index (χ4n) is 1.50. The zero-order chi connectivity index (χ0) is 8.55. The van der Waals surface area contributed by atoms with E-state index in [1.54, 1.807) is 6.07 Å². The van der Waals surface area contributed by atoms with E-state index >= 15 is 0 Å². The van der Waals surface area contributed by atoms with Gasteiger partial charge >= 0.3 is 0 Å². The van der Waals surface area contributed by atoms with E-state index in [9.17, 15) is 5.11 Å². The van der Waals surface area contributed by atoms with Crippen LogP contribution in [0.3, 0.4) is 0 Å². The molecule has 0 aromatic heterocycles. The van der Waals surface area contributed by atoms with E-state index in [0.717, 1.165) is 19.5 Å². The van der Waals surface area contributed by atoms with Gasteiger partial charge in [0.15, 0.2) is 0 Å². The summed E-state index contributed by atoms with van der Waals surface area (Å²) >= 11 is 2.33. The first kappa shape index (κ1) is 8.31. The standard InChI is InChI=1S/C9H10INO/c10-11-4-3-7-5-9(12)2-1-8(7)6-11/h1-2,5,12H,3-4,6H2. The smallest absolute Gasteiger partial charge is 0.115 e. The second-order valence-electron chi connectivity index (χ2n) is 3.05. The van der Waals surface area contributed by atoms with Gasteiger partial charge in [0, 0.05) is 36.0 Å². The highest BCUT2D eigenvalue weighted by atomic mass is 127. The molecule has 0 saturated carbocycles. The normalized spacial score (nSPS) is 17.4. The van der Waals surface area contributed by atoms with Gasteiger partial charge < -0.3 is 5.11 Å². The molecular formula is C9H10INO. The average Bonchev–Trinajstić information content (AvgIpc) is 2.05. The molecule has 3 heteroatoms. The van der Waals surface area contributed by atoms with E-state index in [4.69, 9.17) is 0 Å². The van der Waals surface area contributed by atoms with E-state index in [-0.39, 0.29) is 0 Å². The topological polar surface area (TPSA) is 23.5 Å². The number of rotatable bonds is 0. The Hall–Kier alpha value is -0.290. The summed E-state index contributed by atoms with van der Waals surface area (Å²) in [4.78, 5) is 0. The lowest BCUT2D eigenvalue weighted by Crippen LogP contribution is -2.21. The van der Waals surface area contributed by atoms with E-state index in [1.165, 1.54) is 11.1 Å². The maximum absolute atomic E-state index is 9.24. The van der Waals surface area contributed by atoms with Crippen LogP contribution in [0.25, 0.3) is 0 Å². The molecule has 1 aliphatic heterocycles. The van der Waals surface area contributed by atoms with Crippen molar-refractivity contribution in [2.75, 3.05) is 6.54 Å². The number of hydrogen-bond acceptors (Lipinski definition) is 2. The molecule has 0 bridgehead atoms. The zero-order valence-corrected chi connectivity index (χ0v) is 8.78. The van der Waals surface area contributed by atoms with Crippen LogP contribution in [0.1, 0.15) is 11.1 Å². The van der Waals surface area contributed by atoms with Crippen molar-refractivity contribution in [2.45, 2.75) is 13.0 Å². The van der Waals surface area contributed by atoms with Crippen molar-refractivity contribution in [2.24, 2.45) is 0 Å². The highest BCUT2D eigenvalue weighted by Crippen LogP contribution is 2.24. The summed E-state index contributed by atoms with van der Waals surface area (Å²) in [6.45, 7) is 2.08. The maximum Gasteiger partial charge on any atom is 0.115 e. The summed E-state index contributed by atoms with van der Waals surface area (Å²) in [6.07, 6.45) is 1.05. The van der Waals surface area contributed by atoms with Crippen LogP contribution < -0.4 is 0 Å². The highest BCUT2D eigenvalue weighted by Gasteiger charge is 2.13. The average molecular weight is 275 g/mol. The summed E-state index contributed by atoms with van der Waals surface area (Å²) in [7, 11) is 0. The minimum absolute atomic E-state index is 0.385. The van der Waals surface area contributed by atoms with Gasteiger partial charge in [0.2, 0.25) is 0 Å². The van der Waals surface area contributed by atoms with Gasteiger partial charge in [0.05, 0.1) is 0 Å². The lowest BCUT2D eigenvalue weighted by atomic mass is 10.0.